The number of anilines is 1. The number of benzene rings is 2. The van der Waals surface area contributed by atoms with E-state index in [9.17, 15) is 14.4 Å². The number of nitrogens with zero attached hydrogens (tertiary/aromatic N) is 1. The van der Waals surface area contributed by atoms with Crippen LogP contribution in [0.1, 0.15) is 42.2 Å². The van der Waals surface area contributed by atoms with Gasteiger partial charge in [-0.3, -0.25) is 9.69 Å². The van der Waals surface area contributed by atoms with Gasteiger partial charge in [-0.05, 0) is 43.2 Å². The van der Waals surface area contributed by atoms with Crippen molar-refractivity contribution < 1.29 is 23.9 Å². The monoisotopic (exact) mass is 451 g/mol. The Balaban J connectivity index is 1.91. The molecule has 3 rings (SSSR count). The van der Waals surface area contributed by atoms with Crippen molar-refractivity contribution >= 4 is 23.6 Å². The standard InChI is InChI=1S/C25H29N3O5/c1-4-13-28-17(2)21(24(30)33-15-14-32-3)22(27-25(28)31)19-11-8-12-20(16-19)26-23(29)18-9-6-5-7-10-18/h5-12,16,22H,4,13-15H2,1-3H3,(H,26,29)(H,27,31). The van der Waals surface area contributed by atoms with Crippen LogP contribution in [0.4, 0.5) is 10.5 Å². The van der Waals surface area contributed by atoms with E-state index in [2.05, 4.69) is 10.6 Å². The highest BCUT2D eigenvalue weighted by molar-refractivity contribution is 6.04. The van der Waals surface area contributed by atoms with E-state index in [0.29, 0.717) is 34.6 Å². The van der Waals surface area contributed by atoms with Gasteiger partial charge in [-0.25, -0.2) is 9.59 Å². The number of carbonyl (C=O) groups is 3. The predicted octanol–water partition coefficient (Wildman–Crippen LogP) is 3.88. The minimum absolute atomic E-state index is 0.105. The van der Waals surface area contributed by atoms with Crippen LogP contribution in [0.2, 0.25) is 0 Å². The molecule has 2 N–H and O–H groups in total. The molecular formula is C25H29N3O5. The van der Waals surface area contributed by atoms with Gasteiger partial charge < -0.3 is 20.1 Å². The molecule has 8 heteroatoms. The lowest BCUT2D eigenvalue weighted by Crippen LogP contribution is -2.48. The van der Waals surface area contributed by atoms with Gasteiger partial charge >= 0.3 is 12.0 Å². The molecule has 0 bridgehead atoms. The molecule has 8 nitrogen and oxygen atoms in total. The summed E-state index contributed by atoms with van der Waals surface area (Å²) in [6.07, 6.45) is 0.739. The zero-order valence-electron chi connectivity index (χ0n) is 19.1. The molecule has 0 saturated heterocycles. The molecule has 0 radical (unpaired) electrons. The second-order valence-electron chi connectivity index (χ2n) is 7.61. The Morgan fingerprint density at radius 1 is 1.09 bits per heavy atom. The molecule has 174 valence electrons. The van der Waals surface area contributed by atoms with E-state index in [1.807, 2.05) is 13.0 Å². The molecular weight excluding hydrogens is 422 g/mol. The van der Waals surface area contributed by atoms with E-state index in [0.717, 1.165) is 6.42 Å². The van der Waals surface area contributed by atoms with Crippen LogP contribution in [0.15, 0.2) is 65.9 Å². The van der Waals surface area contributed by atoms with Crippen molar-refractivity contribution in [3.05, 3.63) is 77.0 Å². The number of allylic oxidation sites excluding steroid dienone is 1. The van der Waals surface area contributed by atoms with E-state index in [1.54, 1.807) is 60.4 Å². The van der Waals surface area contributed by atoms with Crippen LogP contribution in [0, 0.1) is 0 Å². The molecule has 2 aromatic carbocycles. The number of esters is 1. The smallest absolute Gasteiger partial charge is 0.338 e. The third kappa shape index (κ3) is 5.78. The maximum absolute atomic E-state index is 13.0. The summed E-state index contributed by atoms with van der Waals surface area (Å²) in [6, 6.07) is 14.9. The van der Waals surface area contributed by atoms with E-state index in [4.69, 9.17) is 9.47 Å². The third-order valence-corrected chi connectivity index (χ3v) is 5.30. The van der Waals surface area contributed by atoms with Gasteiger partial charge in [0.05, 0.1) is 18.2 Å². The molecule has 1 aliphatic rings. The first-order chi connectivity index (χ1) is 16.0. The summed E-state index contributed by atoms with van der Waals surface area (Å²) in [4.78, 5) is 39.9. The first-order valence-corrected chi connectivity index (χ1v) is 10.9. The zero-order chi connectivity index (χ0) is 23.8. The van der Waals surface area contributed by atoms with Crippen LogP contribution in [-0.4, -0.2) is 49.7 Å². The van der Waals surface area contributed by atoms with Gasteiger partial charge in [0, 0.05) is 30.6 Å². The number of methoxy groups -OCH3 is 1. The lowest BCUT2D eigenvalue weighted by molar-refractivity contribution is -0.140. The van der Waals surface area contributed by atoms with Gasteiger partial charge in [-0.15, -0.1) is 0 Å². The summed E-state index contributed by atoms with van der Waals surface area (Å²) in [6.45, 7) is 4.56. The number of amides is 3. The second-order valence-corrected chi connectivity index (χ2v) is 7.61. The van der Waals surface area contributed by atoms with Crippen LogP contribution in [0.5, 0.6) is 0 Å². The summed E-state index contributed by atoms with van der Waals surface area (Å²) in [5, 5.41) is 5.78. The normalized spacial score (nSPS) is 15.8. The zero-order valence-corrected chi connectivity index (χ0v) is 19.1. The molecule has 1 aliphatic heterocycles. The van der Waals surface area contributed by atoms with Crippen molar-refractivity contribution in [3.63, 3.8) is 0 Å². The number of hydrogen-bond acceptors (Lipinski definition) is 5. The lowest BCUT2D eigenvalue weighted by atomic mass is 9.94. The quantitative estimate of drug-likeness (QED) is 0.446. The number of ether oxygens (including phenoxy) is 2. The van der Waals surface area contributed by atoms with E-state index in [1.165, 1.54) is 7.11 Å². The fourth-order valence-electron chi connectivity index (χ4n) is 3.67. The highest BCUT2D eigenvalue weighted by Crippen LogP contribution is 2.32. The van der Waals surface area contributed by atoms with Crippen LogP contribution in [-0.2, 0) is 14.3 Å². The number of urea groups is 1. The molecule has 1 heterocycles. The van der Waals surface area contributed by atoms with Crippen molar-refractivity contribution in [3.8, 4) is 0 Å². The first kappa shape index (κ1) is 24.0. The minimum Gasteiger partial charge on any atom is -0.460 e. The maximum Gasteiger partial charge on any atom is 0.338 e. The molecule has 0 spiro atoms. The molecule has 2 aromatic rings. The van der Waals surface area contributed by atoms with Crippen molar-refractivity contribution in [2.24, 2.45) is 0 Å². The average molecular weight is 452 g/mol. The highest BCUT2D eigenvalue weighted by atomic mass is 16.6. The molecule has 0 aromatic heterocycles. The molecule has 33 heavy (non-hydrogen) atoms. The van der Waals surface area contributed by atoms with Crippen molar-refractivity contribution in [2.45, 2.75) is 26.3 Å². The van der Waals surface area contributed by atoms with Crippen molar-refractivity contribution in [1.82, 2.24) is 10.2 Å². The summed E-state index contributed by atoms with van der Waals surface area (Å²) < 4.78 is 10.4. The second kappa shape index (κ2) is 11.3. The van der Waals surface area contributed by atoms with Crippen LogP contribution >= 0.6 is 0 Å². The number of nitrogens with one attached hydrogen (secondary N) is 2. The van der Waals surface area contributed by atoms with Gasteiger partial charge in [-0.2, -0.15) is 0 Å². The molecule has 0 aliphatic carbocycles. The van der Waals surface area contributed by atoms with E-state index in [-0.39, 0.29) is 25.2 Å². The Kier molecular flexibility index (Phi) is 8.21. The van der Waals surface area contributed by atoms with Crippen molar-refractivity contribution in [1.29, 1.82) is 0 Å². The van der Waals surface area contributed by atoms with Gasteiger partial charge in [-0.1, -0.05) is 37.3 Å². The highest BCUT2D eigenvalue weighted by Gasteiger charge is 2.36. The lowest BCUT2D eigenvalue weighted by Gasteiger charge is -2.35. The number of rotatable bonds is 9. The molecule has 0 fully saturated rings. The summed E-state index contributed by atoms with van der Waals surface area (Å²) in [5.41, 5.74) is 2.64. The summed E-state index contributed by atoms with van der Waals surface area (Å²) in [5.74, 6) is -0.769. The summed E-state index contributed by atoms with van der Waals surface area (Å²) >= 11 is 0. The predicted molar refractivity (Wildman–Crippen MR) is 125 cm³/mol. The number of hydrogen-bond donors (Lipinski definition) is 2. The first-order valence-electron chi connectivity index (χ1n) is 10.9. The van der Waals surface area contributed by atoms with Crippen LogP contribution < -0.4 is 10.6 Å². The Labute approximate surface area is 193 Å². The van der Waals surface area contributed by atoms with Gasteiger partial charge in [0.25, 0.3) is 5.91 Å². The van der Waals surface area contributed by atoms with E-state index >= 15 is 0 Å². The third-order valence-electron chi connectivity index (χ3n) is 5.30. The molecule has 1 atom stereocenters. The van der Waals surface area contributed by atoms with Gasteiger partial charge in [0.15, 0.2) is 0 Å². The Morgan fingerprint density at radius 2 is 1.85 bits per heavy atom. The minimum atomic E-state index is -0.714. The largest absolute Gasteiger partial charge is 0.460 e. The molecule has 3 amide bonds. The fourth-order valence-corrected chi connectivity index (χ4v) is 3.67. The van der Waals surface area contributed by atoms with Crippen LogP contribution in [0.3, 0.4) is 0 Å². The van der Waals surface area contributed by atoms with Gasteiger partial charge in [0.1, 0.15) is 6.61 Å². The molecule has 1 unspecified atom stereocenters. The topological polar surface area (TPSA) is 97.0 Å². The van der Waals surface area contributed by atoms with E-state index < -0.39 is 12.0 Å². The molecule has 0 saturated carbocycles. The van der Waals surface area contributed by atoms with Crippen molar-refractivity contribution in [2.75, 3.05) is 32.2 Å². The Bertz CT molecular complexity index is 1040. The Hall–Kier alpha value is -3.65. The average Bonchev–Trinajstić information content (AvgIpc) is 2.82. The van der Waals surface area contributed by atoms with Gasteiger partial charge in [0.2, 0.25) is 0 Å². The Morgan fingerprint density at radius 3 is 2.55 bits per heavy atom. The summed E-state index contributed by atoms with van der Waals surface area (Å²) in [7, 11) is 1.53. The SMILES string of the molecule is CCCN1C(=O)NC(c2cccc(NC(=O)c3ccccc3)c2)C(C(=O)OCCOC)=C1C. The fraction of sp³-hybridized carbons (Fsp3) is 0.320. The maximum atomic E-state index is 13.0. The number of carbonyl (C=O) groups excluding carboxylic acids is 3. The van der Waals surface area contributed by atoms with Crippen LogP contribution in [0.25, 0.3) is 0 Å².